The number of piperidine rings is 1. The molecule has 1 saturated heterocycles. The standard InChI is InChI=1S/C20H22ClN5O/c21-17-4-5-18(22-11-17)13-26-14-19(23-24-26)12-25-8-6-15(7-9-25)16-2-1-3-20(27)10-16/h1-5,10-11,14-15,27H,6-9,12-13H2. The SMILES string of the molecule is Oc1cccc(C2CCN(Cc3cn(Cc4ccc(Cl)cn4)nn3)CC2)c1. The van der Waals surface area contributed by atoms with E-state index in [0.717, 1.165) is 43.9 Å². The van der Waals surface area contributed by atoms with Gasteiger partial charge < -0.3 is 5.11 Å². The van der Waals surface area contributed by atoms with Crippen LogP contribution in [0.2, 0.25) is 5.02 Å². The Morgan fingerprint density at radius 1 is 1.07 bits per heavy atom. The lowest BCUT2D eigenvalue weighted by atomic mass is 9.89. The van der Waals surface area contributed by atoms with Gasteiger partial charge in [-0.3, -0.25) is 9.88 Å². The third kappa shape index (κ3) is 4.64. The van der Waals surface area contributed by atoms with E-state index in [9.17, 15) is 5.11 Å². The number of hydrogen-bond acceptors (Lipinski definition) is 5. The molecule has 1 aliphatic heterocycles. The van der Waals surface area contributed by atoms with Crippen molar-refractivity contribution < 1.29 is 5.11 Å². The van der Waals surface area contributed by atoms with Gasteiger partial charge in [0.1, 0.15) is 5.75 Å². The summed E-state index contributed by atoms with van der Waals surface area (Å²) in [6, 6.07) is 11.4. The van der Waals surface area contributed by atoms with E-state index in [1.54, 1.807) is 12.3 Å². The summed E-state index contributed by atoms with van der Waals surface area (Å²) in [5.74, 6) is 0.863. The Hall–Kier alpha value is -2.44. The van der Waals surface area contributed by atoms with E-state index in [1.165, 1.54) is 5.56 Å². The van der Waals surface area contributed by atoms with E-state index in [2.05, 4.69) is 26.3 Å². The molecule has 0 amide bonds. The zero-order chi connectivity index (χ0) is 18.6. The Morgan fingerprint density at radius 3 is 2.67 bits per heavy atom. The van der Waals surface area contributed by atoms with Crippen LogP contribution in [-0.2, 0) is 13.1 Å². The minimum Gasteiger partial charge on any atom is -0.508 e. The minimum absolute atomic E-state index is 0.349. The number of halogens is 1. The molecule has 3 aromatic rings. The highest BCUT2D eigenvalue weighted by Crippen LogP contribution is 2.30. The number of nitrogens with zero attached hydrogens (tertiary/aromatic N) is 5. The molecule has 0 spiro atoms. The van der Waals surface area contributed by atoms with Crippen molar-refractivity contribution in [2.24, 2.45) is 0 Å². The fourth-order valence-corrected chi connectivity index (χ4v) is 3.70. The van der Waals surface area contributed by atoms with Crippen molar-refractivity contribution in [3.63, 3.8) is 0 Å². The van der Waals surface area contributed by atoms with Crippen LogP contribution in [0.3, 0.4) is 0 Å². The van der Waals surface area contributed by atoms with E-state index < -0.39 is 0 Å². The molecule has 6 nitrogen and oxygen atoms in total. The number of rotatable bonds is 5. The maximum absolute atomic E-state index is 9.67. The van der Waals surface area contributed by atoms with Crippen LogP contribution >= 0.6 is 11.6 Å². The predicted octanol–water partition coefficient (Wildman–Crippen LogP) is 3.46. The quantitative estimate of drug-likeness (QED) is 0.730. The van der Waals surface area contributed by atoms with Gasteiger partial charge in [-0.25, -0.2) is 4.68 Å². The number of aromatic hydroxyl groups is 1. The van der Waals surface area contributed by atoms with Crippen molar-refractivity contribution in [1.29, 1.82) is 0 Å². The number of phenols is 1. The zero-order valence-electron chi connectivity index (χ0n) is 15.0. The van der Waals surface area contributed by atoms with Crippen molar-refractivity contribution in [2.45, 2.75) is 31.8 Å². The molecule has 1 fully saturated rings. The van der Waals surface area contributed by atoms with Gasteiger partial charge in [0.15, 0.2) is 0 Å². The van der Waals surface area contributed by atoms with E-state index in [0.29, 0.717) is 23.2 Å². The van der Waals surface area contributed by atoms with Crippen LogP contribution in [0, 0.1) is 0 Å². The third-order valence-corrected chi connectivity index (χ3v) is 5.24. The molecule has 1 N–H and O–H groups in total. The first-order chi connectivity index (χ1) is 13.2. The van der Waals surface area contributed by atoms with E-state index in [-0.39, 0.29) is 0 Å². The highest BCUT2D eigenvalue weighted by Gasteiger charge is 2.21. The van der Waals surface area contributed by atoms with Crippen LogP contribution in [0.25, 0.3) is 0 Å². The van der Waals surface area contributed by atoms with Crippen molar-refractivity contribution in [3.8, 4) is 5.75 Å². The first kappa shape index (κ1) is 17.9. The van der Waals surface area contributed by atoms with E-state index in [4.69, 9.17) is 11.6 Å². The normalized spacial score (nSPS) is 15.9. The second kappa shape index (κ2) is 8.06. The molecule has 1 aliphatic rings. The molecule has 4 rings (SSSR count). The van der Waals surface area contributed by atoms with Gasteiger partial charge in [0.05, 0.1) is 29.2 Å². The third-order valence-electron chi connectivity index (χ3n) is 5.01. The Bertz CT molecular complexity index is 887. The van der Waals surface area contributed by atoms with E-state index >= 15 is 0 Å². The molecule has 2 aromatic heterocycles. The highest BCUT2D eigenvalue weighted by molar-refractivity contribution is 6.30. The summed E-state index contributed by atoms with van der Waals surface area (Å²) in [5, 5.41) is 18.8. The lowest BCUT2D eigenvalue weighted by Gasteiger charge is -2.31. The van der Waals surface area contributed by atoms with Gasteiger partial charge >= 0.3 is 0 Å². The number of likely N-dealkylation sites (tertiary alicyclic amines) is 1. The lowest BCUT2D eigenvalue weighted by molar-refractivity contribution is 0.202. The molecule has 27 heavy (non-hydrogen) atoms. The number of phenolic OH excluding ortho intramolecular Hbond substituents is 1. The van der Waals surface area contributed by atoms with Gasteiger partial charge in [-0.15, -0.1) is 5.10 Å². The number of benzene rings is 1. The van der Waals surface area contributed by atoms with Gasteiger partial charge in [-0.1, -0.05) is 28.9 Å². The average Bonchev–Trinajstić information content (AvgIpc) is 3.11. The molecular weight excluding hydrogens is 362 g/mol. The van der Waals surface area contributed by atoms with Gasteiger partial charge in [0.2, 0.25) is 0 Å². The first-order valence-electron chi connectivity index (χ1n) is 9.16. The second-order valence-electron chi connectivity index (χ2n) is 7.02. The van der Waals surface area contributed by atoms with Crippen molar-refractivity contribution in [2.75, 3.05) is 13.1 Å². The smallest absolute Gasteiger partial charge is 0.115 e. The molecule has 0 atom stereocenters. The summed E-state index contributed by atoms with van der Waals surface area (Å²) < 4.78 is 1.81. The zero-order valence-corrected chi connectivity index (χ0v) is 15.8. The van der Waals surface area contributed by atoms with E-state index in [1.807, 2.05) is 35.1 Å². The van der Waals surface area contributed by atoms with Crippen LogP contribution in [0.1, 0.15) is 35.7 Å². The molecule has 7 heteroatoms. The fraction of sp³-hybridized carbons (Fsp3) is 0.350. The molecule has 0 unspecified atom stereocenters. The number of aromatic nitrogens is 4. The molecule has 0 saturated carbocycles. The first-order valence-corrected chi connectivity index (χ1v) is 9.54. The topological polar surface area (TPSA) is 67.1 Å². The van der Waals surface area contributed by atoms with Crippen LogP contribution in [0.4, 0.5) is 0 Å². The molecule has 140 valence electrons. The molecule has 0 radical (unpaired) electrons. The van der Waals surface area contributed by atoms with Gasteiger partial charge in [-0.2, -0.15) is 0 Å². The number of hydrogen-bond donors (Lipinski definition) is 1. The maximum atomic E-state index is 9.67. The second-order valence-corrected chi connectivity index (χ2v) is 7.46. The minimum atomic E-state index is 0.349. The van der Waals surface area contributed by atoms with Gasteiger partial charge in [-0.05, 0) is 61.7 Å². The maximum Gasteiger partial charge on any atom is 0.115 e. The number of pyridine rings is 1. The molecular formula is C20H22ClN5O. The summed E-state index contributed by atoms with van der Waals surface area (Å²) >= 11 is 5.87. The molecule has 3 heterocycles. The van der Waals surface area contributed by atoms with Gasteiger partial charge in [0.25, 0.3) is 0 Å². The Kier molecular flexibility index (Phi) is 5.36. The van der Waals surface area contributed by atoms with Crippen LogP contribution in [-0.4, -0.2) is 43.1 Å². The summed E-state index contributed by atoms with van der Waals surface area (Å²) in [7, 11) is 0. The van der Waals surface area contributed by atoms with Crippen LogP contribution in [0.15, 0.2) is 48.8 Å². The summed E-state index contributed by atoms with van der Waals surface area (Å²) in [4.78, 5) is 6.70. The lowest BCUT2D eigenvalue weighted by Crippen LogP contribution is -2.32. The largest absolute Gasteiger partial charge is 0.508 e. The van der Waals surface area contributed by atoms with Crippen LogP contribution < -0.4 is 0 Å². The Balaban J connectivity index is 1.30. The fourth-order valence-electron chi connectivity index (χ4n) is 3.59. The highest BCUT2D eigenvalue weighted by atomic mass is 35.5. The Morgan fingerprint density at radius 2 is 1.93 bits per heavy atom. The predicted molar refractivity (Wildman–Crippen MR) is 104 cm³/mol. The summed E-state index contributed by atoms with van der Waals surface area (Å²) in [5.41, 5.74) is 3.11. The Labute approximate surface area is 163 Å². The average molecular weight is 384 g/mol. The summed E-state index contributed by atoms with van der Waals surface area (Å²) in [6.45, 7) is 3.43. The molecule has 0 aliphatic carbocycles. The molecule has 1 aromatic carbocycles. The molecule has 0 bridgehead atoms. The summed E-state index contributed by atoms with van der Waals surface area (Å²) in [6.07, 6.45) is 5.81. The van der Waals surface area contributed by atoms with Crippen molar-refractivity contribution in [3.05, 3.63) is 70.8 Å². The van der Waals surface area contributed by atoms with Crippen LogP contribution in [0.5, 0.6) is 5.75 Å². The van der Waals surface area contributed by atoms with Crippen molar-refractivity contribution >= 4 is 11.6 Å². The van der Waals surface area contributed by atoms with Gasteiger partial charge in [0, 0.05) is 12.7 Å². The monoisotopic (exact) mass is 383 g/mol. The van der Waals surface area contributed by atoms with Crippen molar-refractivity contribution in [1.82, 2.24) is 24.9 Å².